The van der Waals surface area contributed by atoms with Gasteiger partial charge in [0, 0.05) is 17.4 Å². The van der Waals surface area contributed by atoms with Crippen LogP contribution in [0.15, 0.2) is 114 Å². The number of hydrogen-bond donors (Lipinski definition) is 2. The molecule has 0 amide bonds. The third-order valence-electron chi connectivity index (χ3n) is 6.85. The van der Waals surface area contributed by atoms with Gasteiger partial charge in [0.2, 0.25) is 0 Å². The van der Waals surface area contributed by atoms with Crippen molar-refractivity contribution < 1.29 is 19.1 Å². The monoisotopic (exact) mass is 547 g/mol. The van der Waals surface area contributed by atoms with Crippen molar-refractivity contribution in [1.29, 1.82) is 0 Å². The Morgan fingerprint density at radius 2 is 1.70 bits per heavy atom. The number of para-hydroxylation sites is 1. The molecule has 6 rings (SSSR count). The molecule has 1 aliphatic heterocycles. The fraction of sp³-hybridized carbons (Fsp3) is 0.0938. The minimum absolute atomic E-state index is 0.236. The first-order valence-corrected chi connectivity index (χ1v) is 13.2. The second-order valence-electron chi connectivity index (χ2n) is 9.44. The maximum absolute atomic E-state index is 11.4. The number of anilines is 1. The maximum Gasteiger partial charge on any atom is 0.335 e. The average molecular weight is 548 g/mol. The number of thiocarbonyl (C=S) groups is 1. The molecule has 1 fully saturated rings. The summed E-state index contributed by atoms with van der Waals surface area (Å²) in [5.74, 6) is 1.86. The molecule has 0 bridgehead atoms. The Labute approximate surface area is 236 Å². The van der Waals surface area contributed by atoms with Crippen molar-refractivity contribution in [1.82, 2.24) is 10.3 Å². The Bertz CT molecular complexity index is 1670. The van der Waals surface area contributed by atoms with E-state index in [1.54, 1.807) is 24.4 Å². The zero-order valence-electron chi connectivity index (χ0n) is 21.5. The summed E-state index contributed by atoms with van der Waals surface area (Å²) in [4.78, 5) is 18.0. The molecule has 0 spiro atoms. The van der Waals surface area contributed by atoms with Crippen LogP contribution in [0.2, 0.25) is 0 Å². The Hall–Kier alpha value is -4.95. The summed E-state index contributed by atoms with van der Waals surface area (Å²) in [6.07, 6.45) is 1.76. The highest BCUT2D eigenvalue weighted by Crippen LogP contribution is 2.43. The SMILES string of the molecule is Cc1cc(C(=O)O)ccc1-c1ccc([C@@H]2[C@@H](c3ccccn3)NC(=S)N2c2ccc(Oc3ccccc3)cc2)o1. The number of furan rings is 1. The molecule has 2 N–H and O–H groups in total. The Morgan fingerprint density at radius 3 is 2.40 bits per heavy atom. The van der Waals surface area contributed by atoms with Crippen LogP contribution in [0.5, 0.6) is 11.5 Å². The second-order valence-corrected chi connectivity index (χ2v) is 9.83. The predicted molar refractivity (Wildman–Crippen MR) is 157 cm³/mol. The topological polar surface area (TPSA) is 87.8 Å². The second kappa shape index (κ2) is 10.7. The van der Waals surface area contributed by atoms with E-state index in [2.05, 4.69) is 10.3 Å². The van der Waals surface area contributed by atoms with E-state index in [1.165, 1.54) is 0 Å². The van der Waals surface area contributed by atoms with Gasteiger partial charge in [0.15, 0.2) is 5.11 Å². The number of nitrogens with one attached hydrogen (secondary N) is 1. The van der Waals surface area contributed by atoms with Crippen LogP contribution in [-0.4, -0.2) is 21.2 Å². The van der Waals surface area contributed by atoms with Crippen LogP contribution in [-0.2, 0) is 0 Å². The van der Waals surface area contributed by atoms with Gasteiger partial charge in [-0.05, 0) is 97.5 Å². The highest BCUT2D eigenvalue weighted by atomic mass is 32.1. The highest BCUT2D eigenvalue weighted by molar-refractivity contribution is 7.80. The van der Waals surface area contributed by atoms with Crippen LogP contribution in [0.25, 0.3) is 11.3 Å². The fourth-order valence-electron chi connectivity index (χ4n) is 4.95. The quantitative estimate of drug-likeness (QED) is 0.205. The molecule has 2 aromatic heterocycles. The van der Waals surface area contributed by atoms with Crippen LogP contribution in [0, 0.1) is 6.92 Å². The Morgan fingerprint density at radius 1 is 0.950 bits per heavy atom. The maximum atomic E-state index is 11.4. The van der Waals surface area contributed by atoms with Gasteiger partial charge in [-0.25, -0.2) is 4.79 Å². The van der Waals surface area contributed by atoms with Gasteiger partial charge in [-0.1, -0.05) is 30.3 Å². The zero-order chi connectivity index (χ0) is 27.6. The number of carbonyl (C=O) groups is 1. The van der Waals surface area contributed by atoms with Gasteiger partial charge >= 0.3 is 5.97 Å². The molecule has 0 aliphatic carbocycles. The molecule has 5 aromatic rings. The van der Waals surface area contributed by atoms with Crippen molar-refractivity contribution >= 4 is 29.0 Å². The predicted octanol–water partition coefficient (Wildman–Crippen LogP) is 7.32. The number of aromatic carboxylic acids is 1. The molecule has 1 saturated heterocycles. The van der Waals surface area contributed by atoms with E-state index in [1.807, 2.05) is 96.8 Å². The van der Waals surface area contributed by atoms with Crippen molar-refractivity contribution in [3.05, 3.63) is 132 Å². The van der Waals surface area contributed by atoms with E-state index in [4.69, 9.17) is 21.4 Å². The molecule has 8 heteroatoms. The van der Waals surface area contributed by atoms with Crippen LogP contribution in [0.3, 0.4) is 0 Å². The Kier molecular flexibility index (Phi) is 6.76. The van der Waals surface area contributed by atoms with Crippen LogP contribution >= 0.6 is 12.2 Å². The molecule has 3 aromatic carbocycles. The standard InChI is InChI=1S/C32H25N3O4S/c1-20-19-21(31(36)37)10-15-25(20)27-16-17-28(39-27)30-29(26-9-5-6-18-33-26)34-32(40)35(30)22-11-13-24(14-12-22)38-23-7-3-2-4-8-23/h2-19,29-30H,1H3,(H,34,40)(H,36,37)/t29-,30-/m1/s1. The molecule has 3 heterocycles. The van der Waals surface area contributed by atoms with E-state index in [9.17, 15) is 9.90 Å². The number of carboxylic acid groups (broad SMARTS) is 1. The van der Waals surface area contributed by atoms with Crippen LogP contribution in [0.1, 0.15) is 39.5 Å². The van der Waals surface area contributed by atoms with Crippen molar-refractivity contribution in [2.24, 2.45) is 0 Å². The molecular formula is C32H25N3O4S. The summed E-state index contributed by atoms with van der Waals surface area (Å²) < 4.78 is 12.4. The number of aromatic nitrogens is 1. The van der Waals surface area contributed by atoms with E-state index >= 15 is 0 Å². The van der Waals surface area contributed by atoms with Crippen molar-refractivity contribution in [3.8, 4) is 22.8 Å². The number of carboxylic acids is 1. The summed E-state index contributed by atoms with van der Waals surface area (Å²) in [5, 5.41) is 13.3. The van der Waals surface area contributed by atoms with Gasteiger partial charge in [-0.15, -0.1) is 0 Å². The third-order valence-corrected chi connectivity index (χ3v) is 7.16. The number of aryl methyl sites for hydroxylation is 1. The first-order valence-electron chi connectivity index (χ1n) is 12.8. The zero-order valence-corrected chi connectivity index (χ0v) is 22.3. The minimum Gasteiger partial charge on any atom is -0.478 e. The first kappa shape index (κ1) is 25.3. The van der Waals surface area contributed by atoms with Gasteiger partial charge in [0.25, 0.3) is 0 Å². The van der Waals surface area contributed by atoms with Crippen LogP contribution in [0.4, 0.5) is 5.69 Å². The van der Waals surface area contributed by atoms with Gasteiger partial charge in [0.05, 0.1) is 17.3 Å². The van der Waals surface area contributed by atoms with E-state index < -0.39 is 5.97 Å². The number of benzene rings is 3. The summed E-state index contributed by atoms with van der Waals surface area (Å²) in [5.41, 5.74) is 3.59. The molecular weight excluding hydrogens is 522 g/mol. The molecule has 0 unspecified atom stereocenters. The minimum atomic E-state index is -0.964. The normalized spacial score (nSPS) is 16.5. The third kappa shape index (κ3) is 4.92. The van der Waals surface area contributed by atoms with Gasteiger partial charge in [0.1, 0.15) is 29.1 Å². The lowest BCUT2D eigenvalue weighted by Crippen LogP contribution is -2.29. The number of rotatable bonds is 7. The smallest absolute Gasteiger partial charge is 0.335 e. The molecule has 0 radical (unpaired) electrons. The molecule has 40 heavy (non-hydrogen) atoms. The van der Waals surface area contributed by atoms with E-state index in [0.717, 1.165) is 28.3 Å². The van der Waals surface area contributed by atoms with Crippen LogP contribution < -0.4 is 15.0 Å². The summed E-state index contributed by atoms with van der Waals surface area (Å²) >= 11 is 5.83. The van der Waals surface area contributed by atoms with E-state index in [0.29, 0.717) is 22.4 Å². The van der Waals surface area contributed by atoms with Gasteiger partial charge < -0.3 is 24.5 Å². The van der Waals surface area contributed by atoms with Crippen molar-refractivity contribution in [3.63, 3.8) is 0 Å². The number of hydrogen-bond acceptors (Lipinski definition) is 5. The molecule has 198 valence electrons. The average Bonchev–Trinajstić information content (AvgIpc) is 3.59. The van der Waals surface area contributed by atoms with Gasteiger partial charge in [-0.3, -0.25) is 4.98 Å². The molecule has 7 nitrogen and oxygen atoms in total. The lowest BCUT2D eigenvalue weighted by atomic mass is 10.0. The Balaban J connectivity index is 1.36. The lowest BCUT2D eigenvalue weighted by molar-refractivity contribution is 0.0696. The van der Waals surface area contributed by atoms with Crippen molar-refractivity contribution in [2.45, 2.75) is 19.0 Å². The van der Waals surface area contributed by atoms with Crippen molar-refractivity contribution in [2.75, 3.05) is 4.90 Å². The lowest BCUT2D eigenvalue weighted by Gasteiger charge is -2.26. The molecule has 1 aliphatic rings. The summed E-state index contributed by atoms with van der Waals surface area (Å²) in [7, 11) is 0. The first-order chi connectivity index (χ1) is 19.5. The number of ether oxygens (including phenoxy) is 1. The largest absolute Gasteiger partial charge is 0.478 e. The number of pyridine rings is 1. The van der Waals surface area contributed by atoms with Gasteiger partial charge in [-0.2, -0.15) is 0 Å². The number of nitrogens with zero attached hydrogens (tertiary/aromatic N) is 2. The molecule has 2 atom stereocenters. The highest BCUT2D eigenvalue weighted by Gasteiger charge is 2.42. The fourth-order valence-corrected chi connectivity index (χ4v) is 5.30. The summed E-state index contributed by atoms with van der Waals surface area (Å²) in [6.45, 7) is 1.87. The summed E-state index contributed by atoms with van der Waals surface area (Å²) in [6, 6.07) is 31.5. The van der Waals surface area contributed by atoms with E-state index in [-0.39, 0.29) is 17.6 Å². The molecule has 0 saturated carbocycles.